The fourth-order valence-electron chi connectivity index (χ4n) is 1.45. The van der Waals surface area contributed by atoms with Crippen molar-refractivity contribution in [3.63, 3.8) is 0 Å². The first-order valence-electron chi connectivity index (χ1n) is 4.38. The van der Waals surface area contributed by atoms with Crippen LogP contribution in [0.3, 0.4) is 0 Å². The van der Waals surface area contributed by atoms with Gasteiger partial charge in [0.25, 0.3) is 0 Å². The van der Waals surface area contributed by atoms with Crippen LogP contribution in [0.25, 0.3) is 0 Å². The largest absolute Gasteiger partial charge is 0.168 e. The Morgan fingerprint density at radius 1 is 1.36 bits per heavy atom. The molecule has 0 saturated carbocycles. The lowest BCUT2D eigenvalue weighted by Gasteiger charge is -2.29. The molecule has 1 heterocycles. The highest BCUT2D eigenvalue weighted by Gasteiger charge is 2.28. The first-order valence-corrected chi connectivity index (χ1v) is 4.38. The predicted octanol–water partition coefficient (Wildman–Crippen LogP) is 2.15. The standard InChI is InChI=1S/C9H19N2/c1-9(2,3)8-5-6-11(4)10-7-8/h8H,5-7H2,1-4H3/q+1. The Bertz CT molecular complexity index is 165. The summed E-state index contributed by atoms with van der Waals surface area (Å²) in [6.45, 7) is 9.05. The molecule has 0 radical (unpaired) electrons. The van der Waals surface area contributed by atoms with Crippen molar-refractivity contribution in [3.05, 3.63) is 0 Å². The van der Waals surface area contributed by atoms with Gasteiger partial charge in [0.05, 0.1) is 0 Å². The fourth-order valence-corrected chi connectivity index (χ4v) is 1.45. The van der Waals surface area contributed by atoms with E-state index in [-0.39, 0.29) is 0 Å². The lowest BCUT2D eigenvalue weighted by molar-refractivity contribution is -0.576. The Labute approximate surface area is 69.3 Å². The van der Waals surface area contributed by atoms with Crippen LogP contribution in [0.5, 0.6) is 0 Å². The molecule has 2 heteroatoms. The summed E-state index contributed by atoms with van der Waals surface area (Å²) in [5.41, 5.74) is 0.435. The highest BCUT2D eigenvalue weighted by atomic mass is 15.3. The first-order chi connectivity index (χ1) is 5.00. The molecule has 11 heavy (non-hydrogen) atoms. The summed E-state index contributed by atoms with van der Waals surface area (Å²) in [4.78, 5) is 0. The Morgan fingerprint density at radius 2 is 2.00 bits per heavy atom. The van der Waals surface area contributed by atoms with E-state index in [1.807, 2.05) is 0 Å². The van der Waals surface area contributed by atoms with Crippen molar-refractivity contribution in [1.29, 1.82) is 0 Å². The zero-order chi connectivity index (χ0) is 8.48. The maximum absolute atomic E-state index is 4.41. The second-order valence-corrected chi connectivity index (χ2v) is 4.56. The monoisotopic (exact) mass is 155 g/mol. The van der Waals surface area contributed by atoms with Crippen molar-refractivity contribution >= 4 is 0 Å². The quantitative estimate of drug-likeness (QED) is 0.476. The zero-order valence-corrected chi connectivity index (χ0v) is 8.09. The second-order valence-electron chi connectivity index (χ2n) is 4.56. The van der Waals surface area contributed by atoms with Crippen LogP contribution in [0.1, 0.15) is 27.2 Å². The van der Waals surface area contributed by atoms with Crippen LogP contribution in [-0.2, 0) is 0 Å². The lowest BCUT2D eigenvalue weighted by atomic mass is 9.78. The molecule has 1 atom stereocenters. The topological polar surface area (TPSA) is 15.4 Å². The molecule has 2 nitrogen and oxygen atoms in total. The van der Waals surface area contributed by atoms with Crippen molar-refractivity contribution in [2.24, 2.45) is 16.4 Å². The SMILES string of the molecule is C[N+]1=NCC(C(C)(C)C)CC1. The number of rotatable bonds is 0. The fraction of sp³-hybridized carbons (Fsp3) is 1.00. The third kappa shape index (κ3) is 2.28. The minimum absolute atomic E-state index is 0.435. The van der Waals surface area contributed by atoms with Gasteiger partial charge in [-0.15, -0.1) is 4.70 Å². The molecule has 0 bridgehead atoms. The Balaban J connectivity index is 2.54. The first kappa shape index (κ1) is 8.69. The molecule has 1 unspecified atom stereocenters. The van der Waals surface area contributed by atoms with Crippen LogP contribution < -0.4 is 0 Å². The van der Waals surface area contributed by atoms with Gasteiger partial charge in [-0.05, 0) is 16.4 Å². The number of hydrogen-bond donors (Lipinski definition) is 0. The van der Waals surface area contributed by atoms with Crippen LogP contribution in [0, 0.1) is 11.3 Å². The molecule has 0 aromatic rings. The Hall–Kier alpha value is -0.400. The van der Waals surface area contributed by atoms with Gasteiger partial charge < -0.3 is 0 Å². The van der Waals surface area contributed by atoms with Gasteiger partial charge in [0, 0.05) is 6.42 Å². The maximum Gasteiger partial charge on any atom is 0.168 e. The summed E-state index contributed by atoms with van der Waals surface area (Å²) >= 11 is 0. The van der Waals surface area contributed by atoms with E-state index in [2.05, 4.69) is 37.6 Å². The minimum Gasteiger partial charge on any atom is -0.130 e. The summed E-state index contributed by atoms with van der Waals surface area (Å²) in [5, 5.41) is 4.41. The van der Waals surface area contributed by atoms with Gasteiger partial charge in [0.15, 0.2) is 13.6 Å². The normalized spacial score (nSPS) is 26.5. The van der Waals surface area contributed by atoms with E-state index >= 15 is 0 Å². The van der Waals surface area contributed by atoms with Crippen molar-refractivity contribution < 1.29 is 4.70 Å². The van der Waals surface area contributed by atoms with Crippen LogP contribution in [0.15, 0.2) is 5.11 Å². The van der Waals surface area contributed by atoms with E-state index in [0.29, 0.717) is 5.41 Å². The molecule has 0 saturated heterocycles. The molecule has 0 amide bonds. The van der Waals surface area contributed by atoms with Gasteiger partial charge in [-0.1, -0.05) is 20.8 Å². The van der Waals surface area contributed by atoms with E-state index in [9.17, 15) is 0 Å². The average molecular weight is 155 g/mol. The number of hydrogen-bond acceptors (Lipinski definition) is 1. The highest BCUT2D eigenvalue weighted by Crippen LogP contribution is 2.30. The van der Waals surface area contributed by atoms with Crippen LogP contribution >= 0.6 is 0 Å². The number of azo groups is 2. The molecule has 0 aromatic heterocycles. The molecule has 0 aromatic carbocycles. The van der Waals surface area contributed by atoms with E-state index in [1.54, 1.807) is 0 Å². The average Bonchev–Trinajstić information content (AvgIpc) is 1.86. The molecule has 0 aliphatic carbocycles. The molecule has 1 aliphatic rings. The van der Waals surface area contributed by atoms with Gasteiger partial charge in [0.2, 0.25) is 0 Å². The van der Waals surface area contributed by atoms with Gasteiger partial charge in [-0.2, -0.15) is 0 Å². The van der Waals surface area contributed by atoms with Crippen LogP contribution in [-0.4, -0.2) is 24.8 Å². The Kier molecular flexibility index (Phi) is 2.31. The predicted molar refractivity (Wildman–Crippen MR) is 45.9 cm³/mol. The van der Waals surface area contributed by atoms with Crippen molar-refractivity contribution in [3.8, 4) is 0 Å². The van der Waals surface area contributed by atoms with Gasteiger partial charge in [0.1, 0.15) is 6.54 Å². The van der Waals surface area contributed by atoms with Crippen molar-refractivity contribution in [2.75, 3.05) is 20.1 Å². The van der Waals surface area contributed by atoms with E-state index < -0.39 is 0 Å². The Morgan fingerprint density at radius 3 is 2.36 bits per heavy atom. The molecule has 0 N–H and O–H groups in total. The van der Waals surface area contributed by atoms with Gasteiger partial charge >= 0.3 is 0 Å². The molecule has 0 spiro atoms. The molecule has 1 aliphatic heterocycles. The highest BCUT2D eigenvalue weighted by molar-refractivity contribution is 4.75. The van der Waals surface area contributed by atoms with Gasteiger partial charge in [-0.3, -0.25) is 0 Å². The molecule has 64 valence electrons. The lowest BCUT2D eigenvalue weighted by Crippen LogP contribution is -2.30. The van der Waals surface area contributed by atoms with Crippen molar-refractivity contribution in [1.82, 2.24) is 0 Å². The molecular weight excluding hydrogens is 136 g/mol. The summed E-state index contributed by atoms with van der Waals surface area (Å²) in [5.74, 6) is 0.777. The molecular formula is C9H19N2+. The van der Waals surface area contributed by atoms with Crippen molar-refractivity contribution in [2.45, 2.75) is 27.2 Å². The molecule has 0 fully saturated rings. The van der Waals surface area contributed by atoms with Crippen LogP contribution in [0.2, 0.25) is 0 Å². The van der Waals surface area contributed by atoms with Crippen LogP contribution in [0.4, 0.5) is 0 Å². The van der Waals surface area contributed by atoms with E-state index in [0.717, 1.165) is 19.0 Å². The second kappa shape index (κ2) is 2.92. The zero-order valence-electron chi connectivity index (χ0n) is 8.09. The summed E-state index contributed by atoms with van der Waals surface area (Å²) in [6.07, 6.45) is 1.30. The molecule has 1 rings (SSSR count). The minimum atomic E-state index is 0.435. The number of nitrogens with zero attached hydrogens (tertiary/aromatic N) is 2. The maximum atomic E-state index is 4.41. The van der Waals surface area contributed by atoms with Gasteiger partial charge in [-0.25, -0.2) is 0 Å². The summed E-state index contributed by atoms with van der Waals surface area (Å²) < 4.78 is 2.06. The van der Waals surface area contributed by atoms with E-state index in [4.69, 9.17) is 0 Å². The third-order valence-corrected chi connectivity index (χ3v) is 2.57. The summed E-state index contributed by atoms with van der Waals surface area (Å²) in [6, 6.07) is 0. The third-order valence-electron chi connectivity index (χ3n) is 2.57. The van der Waals surface area contributed by atoms with E-state index in [1.165, 1.54) is 6.42 Å². The summed E-state index contributed by atoms with van der Waals surface area (Å²) in [7, 11) is 2.05. The smallest absolute Gasteiger partial charge is 0.130 e.